The van der Waals surface area contributed by atoms with Crippen LogP contribution < -0.4 is 4.90 Å². The van der Waals surface area contributed by atoms with Crippen LogP contribution in [0.3, 0.4) is 0 Å². The Morgan fingerprint density at radius 1 is 1.35 bits per heavy atom. The molecule has 0 atom stereocenters. The summed E-state index contributed by atoms with van der Waals surface area (Å²) >= 11 is 6.21. The van der Waals surface area contributed by atoms with Crippen LogP contribution in [0.5, 0.6) is 0 Å². The molecule has 1 aliphatic rings. The second kappa shape index (κ2) is 5.13. The monoisotopic (exact) mass is 288 g/mol. The van der Waals surface area contributed by atoms with Gasteiger partial charge in [-0.2, -0.15) is 0 Å². The normalized spacial score (nSPS) is 13.9. The van der Waals surface area contributed by atoms with Crippen LogP contribution in [-0.2, 0) is 6.42 Å². The van der Waals surface area contributed by atoms with Crippen molar-refractivity contribution in [1.82, 2.24) is 4.98 Å². The van der Waals surface area contributed by atoms with Crippen LogP contribution in [0.15, 0.2) is 36.5 Å². The van der Waals surface area contributed by atoms with E-state index in [0.29, 0.717) is 10.8 Å². The number of rotatable bonds is 2. The number of hydrogen-bond acceptors (Lipinski definition) is 3. The SMILES string of the molecule is O=C(O)c1cnc(N2CCCc3ccccc32)c(Cl)c1. The van der Waals surface area contributed by atoms with Crippen molar-refractivity contribution in [2.45, 2.75) is 12.8 Å². The number of anilines is 2. The van der Waals surface area contributed by atoms with E-state index in [2.05, 4.69) is 11.1 Å². The minimum atomic E-state index is -1.02. The van der Waals surface area contributed by atoms with E-state index in [0.717, 1.165) is 25.1 Å². The number of aryl methyl sites for hydroxylation is 1. The number of carbonyl (C=O) groups is 1. The molecular weight excluding hydrogens is 276 g/mol. The van der Waals surface area contributed by atoms with Gasteiger partial charge in [0.15, 0.2) is 5.82 Å². The zero-order valence-electron chi connectivity index (χ0n) is 10.7. The summed E-state index contributed by atoms with van der Waals surface area (Å²) in [7, 11) is 0. The largest absolute Gasteiger partial charge is 0.478 e. The summed E-state index contributed by atoms with van der Waals surface area (Å²) in [6, 6.07) is 9.59. The van der Waals surface area contributed by atoms with Crippen LogP contribution in [0, 0.1) is 0 Å². The van der Waals surface area contributed by atoms with E-state index in [-0.39, 0.29) is 5.56 Å². The number of pyridine rings is 1. The van der Waals surface area contributed by atoms with Crippen LogP contribution in [0.25, 0.3) is 0 Å². The molecule has 0 amide bonds. The number of halogens is 1. The van der Waals surface area contributed by atoms with Gasteiger partial charge in [-0.05, 0) is 30.5 Å². The van der Waals surface area contributed by atoms with Gasteiger partial charge in [-0.1, -0.05) is 29.8 Å². The summed E-state index contributed by atoms with van der Waals surface area (Å²) in [5, 5.41) is 9.32. The van der Waals surface area contributed by atoms with E-state index in [9.17, 15) is 4.79 Å². The van der Waals surface area contributed by atoms with Gasteiger partial charge in [-0.15, -0.1) is 0 Å². The molecule has 2 heterocycles. The molecule has 4 nitrogen and oxygen atoms in total. The third-order valence-corrected chi connectivity index (χ3v) is 3.71. The average Bonchev–Trinajstić information content (AvgIpc) is 2.46. The molecule has 2 aromatic rings. The Hall–Kier alpha value is -2.07. The highest BCUT2D eigenvalue weighted by atomic mass is 35.5. The topological polar surface area (TPSA) is 53.4 Å². The van der Waals surface area contributed by atoms with Crippen LogP contribution >= 0.6 is 11.6 Å². The maximum absolute atomic E-state index is 10.9. The van der Waals surface area contributed by atoms with E-state index in [1.54, 1.807) is 0 Å². The molecule has 0 radical (unpaired) electrons. The lowest BCUT2D eigenvalue weighted by molar-refractivity contribution is 0.0696. The summed E-state index contributed by atoms with van der Waals surface area (Å²) in [5.41, 5.74) is 2.46. The lowest BCUT2D eigenvalue weighted by Crippen LogP contribution is -2.25. The minimum absolute atomic E-state index is 0.101. The minimum Gasteiger partial charge on any atom is -0.478 e. The van der Waals surface area contributed by atoms with Crippen molar-refractivity contribution in [1.29, 1.82) is 0 Å². The quantitative estimate of drug-likeness (QED) is 0.919. The van der Waals surface area contributed by atoms with Crippen molar-refractivity contribution in [3.63, 3.8) is 0 Å². The van der Waals surface area contributed by atoms with Crippen molar-refractivity contribution in [3.8, 4) is 0 Å². The Morgan fingerprint density at radius 2 is 2.15 bits per heavy atom. The fourth-order valence-corrected chi connectivity index (χ4v) is 2.77. The van der Waals surface area contributed by atoms with Crippen LogP contribution in [0.1, 0.15) is 22.3 Å². The van der Waals surface area contributed by atoms with E-state index in [4.69, 9.17) is 16.7 Å². The van der Waals surface area contributed by atoms with Gasteiger partial charge in [0.1, 0.15) is 0 Å². The second-order valence-electron chi connectivity index (χ2n) is 4.72. The zero-order valence-corrected chi connectivity index (χ0v) is 11.5. The van der Waals surface area contributed by atoms with Gasteiger partial charge in [0.25, 0.3) is 0 Å². The molecule has 1 N–H and O–H groups in total. The Kier molecular flexibility index (Phi) is 3.32. The summed E-state index contributed by atoms with van der Waals surface area (Å²) in [5.74, 6) is -0.409. The first-order chi connectivity index (χ1) is 9.66. The summed E-state index contributed by atoms with van der Waals surface area (Å²) in [6.45, 7) is 0.830. The highest BCUT2D eigenvalue weighted by Gasteiger charge is 2.21. The maximum atomic E-state index is 10.9. The van der Waals surface area contributed by atoms with Crippen LogP contribution in [-0.4, -0.2) is 22.6 Å². The second-order valence-corrected chi connectivity index (χ2v) is 5.13. The summed E-state index contributed by atoms with van der Waals surface area (Å²) < 4.78 is 0. The highest BCUT2D eigenvalue weighted by Crippen LogP contribution is 2.35. The van der Waals surface area contributed by atoms with Crippen molar-refractivity contribution >= 4 is 29.1 Å². The molecular formula is C15H13ClN2O2. The fourth-order valence-electron chi connectivity index (χ4n) is 2.50. The Balaban J connectivity index is 2.04. The number of para-hydroxylation sites is 1. The molecule has 0 saturated carbocycles. The first-order valence-electron chi connectivity index (χ1n) is 6.41. The lowest BCUT2D eigenvalue weighted by Gasteiger charge is -2.30. The summed E-state index contributed by atoms with van der Waals surface area (Å²) in [6.07, 6.45) is 3.41. The average molecular weight is 289 g/mol. The highest BCUT2D eigenvalue weighted by molar-refractivity contribution is 6.33. The summed E-state index contributed by atoms with van der Waals surface area (Å²) in [4.78, 5) is 17.2. The predicted molar refractivity (Wildman–Crippen MR) is 78.0 cm³/mol. The molecule has 1 aliphatic heterocycles. The van der Waals surface area contributed by atoms with E-state index in [1.807, 2.05) is 23.1 Å². The fraction of sp³-hybridized carbons (Fsp3) is 0.200. The van der Waals surface area contributed by atoms with Crippen molar-refractivity contribution in [2.75, 3.05) is 11.4 Å². The van der Waals surface area contributed by atoms with Gasteiger partial charge in [0.2, 0.25) is 0 Å². The number of carboxylic acids is 1. The van der Waals surface area contributed by atoms with Gasteiger partial charge in [0, 0.05) is 18.4 Å². The van der Waals surface area contributed by atoms with E-state index >= 15 is 0 Å². The molecule has 0 bridgehead atoms. The molecule has 0 aliphatic carbocycles. The Bertz CT molecular complexity index is 673. The van der Waals surface area contributed by atoms with Gasteiger partial charge in [-0.25, -0.2) is 9.78 Å². The Labute approximate surface area is 121 Å². The van der Waals surface area contributed by atoms with Crippen molar-refractivity contribution in [2.24, 2.45) is 0 Å². The molecule has 1 aromatic heterocycles. The molecule has 0 fully saturated rings. The molecule has 3 rings (SSSR count). The molecule has 0 saturated heterocycles. The maximum Gasteiger partial charge on any atom is 0.337 e. The first kappa shape index (κ1) is 12.9. The molecule has 0 unspecified atom stereocenters. The standard InChI is InChI=1S/C15H13ClN2O2/c16-12-8-11(15(19)20)9-17-14(12)18-7-3-5-10-4-1-2-6-13(10)18/h1-2,4,6,8-9H,3,5,7H2,(H,19,20). The van der Waals surface area contributed by atoms with Crippen LogP contribution in [0.4, 0.5) is 11.5 Å². The van der Waals surface area contributed by atoms with Gasteiger partial charge < -0.3 is 10.0 Å². The van der Waals surface area contributed by atoms with Gasteiger partial charge in [0.05, 0.1) is 10.6 Å². The van der Waals surface area contributed by atoms with E-state index in [1.165, 1.54) is 17.8 Å². The van der Waals surface area contributed by atoms with Crippen molar-refractivity contribution < 1.29 is 9.90 Å². The Morgan fingerprint density at radius 3 is 2.90 bits per heavy atom. The number of fused-ring (bicyclic) bond motifs is 1. The number of carboxylic acid groups (broad SMARTS) is 1. The van der Waals surface area contributed by atoms with Crippen LogP contribution in [0.2, 0.25) is 5.02 Å². The smallest absolute Gasteiger partial charge is 0.337 e. The molecule has 0 spiro atoms. The van der Waals surface area contributed by atoms with E-state index < -0.39 is 5.97 Å². The number of aromatic nitrogens is 1. The molecule has 5 heteroatoms. The number of aromatic carboxylic acids is 1. The molecule has 102 valence electrons. The number of hydrogen-bond donors (Lipinski definition) is 1. The van der Waals surface area contributed by atoms with Crippen molar-refractivity contribution in [3.05, 3.63) is 52.7 Å². The molecule has 20 heavy (non-hydrogen) atoms. The molecule has 1 aromatic carbocycles. The number of nitrogens with zero attached hydrogens (tertiary/aromatic N) is 2. The first-order valence-corrected chi connectivity index (χ1v) is 6.79. The predicted octanol–water partition coefficient (Wildman–Crippen LogP) is 3.52. The van der Waals surface area contributed by atoms with Gasteiger partial charge >= 0.3 is 5.97 Å². The number of benzene rings is 1. The lowest BCUT2D eigenvalue weighted by atomic mass is 10.0. The third-order valence-electron chi connectivity index (χ3n) is 3.43. The third kappa shape index (κ3) is 2.23. The zero-order chi connectivity index (χ0) is 14.1. The van der Waals surface area contributed by atoms with Gasteiger partial charge in [-0.3, -0.25) is 0 Å².